The Morgan fingerprint density at radius 1 is 1.26 bits per heavy atom. The molecule has 0 radical (unpaired) electrons. The Labute approximate surface area is 230 Å². The van der Waals surface area contributed by atoms with Crippen molar-refractivity contribution in [3.63, 3.8) is 0 Å². The molecule has 1 N–H and O–H groups in total. The fourth-order valence-corrected chi connectivity index (χ4v) is 7.35. The Kier molecular flexibility index (Phi) is 7.12. The fraction of sp³-hybridized carbons (Fsp3) is 0.517. The maximum absolute atomic E-state index is 13.1. The number of ether oxygens (including phenoxy) is 2. The van der Waals surface area contributed by atoms with E-state index in [-0.39, 0.29) is 18.8 Å². The maximum Gasteiger partial charge on any atom is 0.343 e. The molecule has 4 heterocycles. The third-order valence-corrected chi connectivity index (χ3v) is 9.32. The molecule has 1 unspecified atom stereocenters. The zero-order valence-corrected chi connectivity index (χ0v) is 24.2. The van der Waals surface area contributed by atoms with Crippen LogP contribution in [0, 0.1) is 0 Å². The quantitative estimate of drug-likeness (QED) is 0.494. The van der Waals surface area contributed by atoms with Gasteiger partial charge >= 0.3 is 5.97 Å². The maximum atomic E-state index is 13.1. The second kappa shape index (κ2) is 9.99. The first kappa shape index (κ1) is 27.8. The molecule has 1 aromatic carbocycles. The highest BCUT2D eigenvalue weighted by molar-refractivity contribution is 7.88. The van der Waals surface area contributed by atoms with E-state index in [1.165, 1.54) is 10.6 Å². The number of cyclic esters (lactones) is 1. The highest BCUT2D eigenvalue weighted by Crippen LogP contribution is 2.47. The van der Waals surface area contributed by atoms with Gasteiger partial charge in [0.25, 0.3) is 0 Å². The van der Waals surface area contributed by atoms with Crippen LogP contribution in [0.5, 0.6) is 0 Å². The van der Waals surface area contributed by atoms with Crippen molar-refractivity contribution >= 4 is 32.6 Å². The second-order valence-corrected chi connectivity index (χ2v) is 13.0. The highest BCUT2D eigenvalue weighted by atomic mass is 32.2. The first-order valence-electron chi connectivity index (χ1n) is 13.5. The Balaban J connectivity index is 1.66. The van der Waals surface area contributed by atoms with Crippen molar-refractivity contribution < 1.29 is 27.8 Å². The number of nitrogens with zero attached hydrogens (tertiary/aromatic N) is 3. The summed E-state index contributed by atoms with van der Waals surface area (Å²) in [5, 5.41) is 12.5. The van der Waals surface area contributed by atoms with Crippen LogP contribution in [0.25, 0.3) is 16.6 Å². The average molecular weight is 556 g/mol. The van der Waals surface area contributed by atoms with Gasteiger partial charge in [-0.3, -0.25) is 0 Å². The van der Waals surface area contributed by atoms with Crippen molar-refractivity contribution in [1.82, 2.24) is 14.2 Å². The monoisotopic (exact) mass is 555 g/mol. The predicted octanol–water partition coefficient (Wildman–Crippen LogP) is 3.36. The lowest BCUT2D eigenvalue weighted by Crippen LogP contribution is -2.53. The number of aliphatic hydroxyl groups excluding tert-OH is 1. The number of aliphatic hydroxyl groups is 1. The number of carbonyl (C=O) groups is 1. The lowest BCUT2D eigenvalue weighted by Gasteiger charge is -2.43. The van der Waals surface area contributed by atoms with Gasteiger partial charge in [0, 0.05) is 41.2 Å². The molecular weight excluding hydrogens is 518 g/mol. The molecule has 3 aliphatic rings. The largest absolute Gasteiger partial charge is 0.459 e. The van der Waals surface area contributed by atoms with Gasteiger partial charge in [-0.15, -0.1) is 0 Å². The minimum Gasteiger partial charge on any atom is -0.459 e. The molecule has 3 aliphatic heterocycles. The van der Waals surface area contributed by atoms with Crippen LogP contribution in [0.2, 0.25) is 0 Å². The van der Waals surface area contributed by atoms with Gasteiger partial charge in [0.2, 0.25) is 10.0 Å². The lowest BCUT2D eigenvalue weighted by atomic mass is 9.82. The third-order valence-electron chi connectivity index (χ3n) is 7.87. The summed E-state index contributed by atoms with van der Waals surface area (Å²) < 4.78 is 38.2. The summed E-state index contributed by atoms with van der Waals surface area (Å²) in [6.45, 7) is 10.1. The van der Waals surface area contributed by atoms with Crippen molar-refractivity contribution in [2.24, 2.45) is 0 Å². The van der Waals surface area contributed by atoms with E-state index < -0.39 is 27.8 Å². The molecule has 1 aromatic heterocycles. The lowest BCUT2D eigenvalue weighted by molar-refractivity contribution is -0.175. The Morgan fingerprint density at radius 2 is 1.97 bits per heavy atom. The number of sulfonamides is 1. The number of rotatable bonds is 8. The summed E-state index contributed by atoms with van der Waals surface area (Å²) in [4.78, 5) is 20.0. The highest BCUT2D eigenvalue weighted by Gasteiger charge is 2.52. The van der Waals surface area contributed by atoms with Crippen LogP contribution < -0.4 is 0 Å². The topological polar surface area (TPSA) is 109 Å². The van der Waals surface area contributed by atoms with Crippen LogP contribution in [-0.2, 0) is 37.3 Å². The van der Waals surface area contributed by atoms with Crippen LogP contribution in [-0.4, -0.2) is 77.1 Å². The van der Waals surface area contributed by atoms with Gasteiger partial charge < -0.3 is 19.5 Å². The number of hydrogen-bond acceptors (Lipinski definition) is 8. The normalized spacial score (nSPS) is 22.9. The van der Waals surface area contributed by atoms with Crippen molar-refractivity contribution in [2.45, 2.75) is 78.0 Å². The van der Waals surface area contributed by atoms with Crippen LogP contribution in [0.15, 0.2) is 41.5 Å². The molecule has 2 aromatic rings. The number of para-hydroxylation sites is 1. The molecule has 10 heteroatoms. The summed E-state index contributed by atoms with van der Waals surface area (Å²) >= 11 is 0. The number of aromatic nitrogens is 1. The van der Waals surface area contributed by atoms with Crippen LogP contribution in [0.3, 0.4) is 0 Å². The van der Waals surface area contributed by atoms with E-state index in [0.29, 0.717) is 37.1 Å². The van der Waals surface area contributed by atoms with Crippen molar-refractivity contribution in [3.05, 3.63) is 58.3 Å². The van der Waals surface area contributed by atoms with Gasteiger partial charge in [0.05, 0.1) is 29.3 Å². The first-order chi connectivity index (χ1) is 18.4. The summed E-state index contributed by atoms with van der Waals surface area (Å²) in [7, 11) is -3.39. The Morgan fingerprint density at radius 3 is 2.62 bits per heavy atom. The minimum absolute atomic E-state index is 0.00483. The molecule has 39 heavy (non-hydrogen) atoms. The van der Waals surface area contributed by atoms with Gasteiger partial charge in [-0.05, 0) is 58.2 Å². The first-order valence-corrected chi connectivity index (χ1v) is 15.4. The molecule has 0 bridgehead atoms. The molecule has 0 aliphatic carbocycles. The number of esters is 1. The van der Waals surface area contributed by atoms with Gasteiger partial charge in [0.1, 0.15) is 6.61 Å². The summed E-state index contributed by atoms with van der Waals surface area (Å²) in [6.07, 6.45) is 2.78. The van der Waals surface area contributed by atoms with Crippen molar-refractivity contribution in [3.8, 4) is 0 Å². The van der Waals surface area contributed by atoms with Crippen LogP contribution in [0.4, 0.5) is 0 Å². The van der Waals surface area contributed by atoms with Crippen molar-refractivity contribution in [1.29, 1.82) is 0 Å². The smallest absolute Gasteiger partial charge is 0.343 e. The molecule has 0 fully saturated rings. The molecule has 0 spiro atoms. The number of benzene rings is 1. The van der Waals surface area contributed by atoms with Crippen molar-refractivity contribution in [2.75, 3.05) is 19.4 Å². The van der Waals surface area contributed by atoms with E-state index in [0.717, 1.165) is 33.4 Å². The standard InChI is InChI=1S/C29H37N3O6S/c1-7-29(38-18(4)5)23-14-25-26-21(15-31(25)27(33)22(23)16-37-28(29)34)19(20-10-8-9-11-24(20)30-26)12-13-32(17(2)3)39(6,35)36/h8-11,14,17-18,27,33H,7,12-13,15-16H2,1-6H3/t27?,29-/m0/s1. The third kappa shape index (κ3) is 4.57. The molecule has 0 saturated heterocycles. The second-order valence-electron chi connectivity index (χ2n) is 11.0. The number of hydrogen-bond donors (Lipinski definition) is 1. The fourth-order valence-electron chi connectivity index (χ4n) is 6.16. The minimum atomic E-state index is -3.39. The van der Waals surface area contributed by atoms with E-state index in [4.69, 9.17) is 14.5 Å². The molecule has 9 nitrogen and oxygen atoms in total. The number of carbonyl (C=O) groups excluding carboxylic acids is 1. The summed E-state index contributed by atoms with van der Waals surface area (Å²) in [6, 6.07) is 7.66. The van der Waals surface area contributed by atoms with Gasteiger partial charge in [-0.1, -0.05) is 25.1 Å². The van der Waals surface area contributed by atoms with Crippen LogP contribution in [0.1, 0.15) is 57.9 Å². The van der Waals surface area contributed by atoms with E-state index in [1.54, 1.807) is 0 Å². The molecule has 5 rings (SSSR count). The Hall–Kier alpha value is -2.79. The molecule has 0 amide bonds. The molecule has 2 atom stereocenters. The zero-order chi connectivity index (χ0) is 28.3. The molecule has 210 valence electrons. The Bertz CT molecular complexity index is 1500. The van der Waals surface area contributed by atoms with E-state index in [1.807, 2.05) is 69.9 Å². The number of pyridine rings is 1. The van der Waals surface area contributed by atoms with Gasteiger partial charge in [0.15, 0.2) is 11.8 Å². The summed E-state index contributed by atoms with van der Waals surface area (Å²) in [5.74, 6) is -0.449. The van der Waals surface area contributed by atoms with Gasteiger partial charge in [-0.2, -0.15) is 4.31 Å². The van der Waals surface area contributed by atoms with Gasteiger partial charge in [-0.25, -0.2) is 18.2 Å². The zero-order valence-electron chi connectivity index (χ0n) is 23.4. The van der Waals surface area contributed by atoms with E-state index in [2.05, 4.69) is 0 Å². The van der Waals surface area contributed by atoms with E-state index >= 15 is 0 Å². The molecular formula is C29H37N3O6S. The number of fused-ring (bicyclic) bond motifs is 4. The average Bonchev–Trinajstić information content (AvgIpc) is 3.23. The van der Waals surface area contributed by atoms with E-state index in [9.17, 15) is 18.3 Å². The summed E-state index contributed by atoms with van der Waals surface area (Å²) in [5.41, 5.74) is 4.17. The van der Waals surface area contributed by atoms with Crippen LogP contribution >= 0.6 is 0 Å². The predicted molar refractivity (Wildman–Crippen MR) is 149 cm³/mol. The SMILES string of the molecule is CC[C@@]1(OC(C)C)C(=O)OCC2=C1C=C1c3nc4ccccc4c(CCN(C(C)C)S(C)(=O)=O)c3CN1C2O. The molecule has 0 saturated carbocycles.